The van der Waals surface area contributed by atoms with Crippen molar-refractivity contribution < 1.29 is 14.7 Å². The van der Waals surface area contributed by atoms with Crippen molar-refractivity contribution in [3.63, 3.8) is 0 Å². The maximum Gasteiger partial charge on any atom is 0.330 e. The molecule has 3 rings (SSSR count). The Morgan fingerprint density at radius 2 is 1.90 bits per heavy atom. The van der Waals surface area contributed by atoms with Crippen molar-refractivity contribution in [1.82, 2.24) is 5.32 Å². The topological polar surface area (TPSA) is 66.4 Å². The highest BCUT2D eigenvalue weighted by atomic mass is 16.4. The molecule has 106 valence electrons. The lowest BCUT2D eigenvalue weighted by Gasteiger charge is -2.23. The van der Waals surface area contributed by atoms with Gasteiger partial charge in [0.1, 0.15) is 0 Å². The lowest BCUT2D eigenvalue weighted by molar-refractivity contribution is -0.143. The van der Waals surface area contributed by atoms with E-state index in [-0.39, 0.29) is 11.8 Å². The van der Waals surface area contributed by atoms with Crippen LogP contribution in [0, 0.1) is 17.8 Å². The van der Waals surface area contributed by atoms with Gasteiger partial charge < -0.3 is 10.4 Å². The summed E-state index contributed by atoms with van der Waals surface area (Å²) in [6.07, 6.45) is 4.42. The molecular weight excluding hydrogens is 254 g/mol. The predicted octanol–water partition coefficient (Wildman–Crippen LogP) is 2.36. The summed E-state index contributed by atoms with van der Waals surface area (Å²) in [5.41, 5.74) is 0.622. The number of amides is 1. The molecule has 1 aromatic carbocycles. The second kappa shape index (κ2) is 5.27. The van der Waals surface area contributed by atoms with E-state index < -0.39 is 12.0 Å². The van der Waals surface area contributed by atoms with Crippen LogP contribution in [-0.2, 0) is 9.59 Å². The summed E-state index contributed by atoms with van der Waals surface area (Å²) in [6.45, 7) is 0. The first-order valence-electron chi connectivity index (χ1n) is 7.23. The minimum absolute atomic E-state index is 0.0133. The van der Waals surface area contributed by atoms with Crippen LogP contribution in [-0.4, -0.2) is 17.0 Å². The molecule has 0 aliphatic heterocycles. The molecule has 4 atom stereocenters. The average Bonchev–Trinajstić information content (AvgIpc) is 3.07. The molecule has 0 aromatic heterocycles. The van der Waals surface area contributed by atoms with Crippen molar-refractivity contribution in [1.29, 1.82) is 0 Å². The standard InChI is InChI=1S/C16H19NO3/c18-15(13-9-10-6-7-12(13)8-10)17-14(16(19)20)11-4-2-1-3-5-11/h1-5,10,12-14H,6-9H2,(H,17,18)(H,19,20)/t10?,12?,13?,14-/m0/s1. The van der Waals surface area contributed by atoms with Crippen LogP contribution in [0.4, 0.5) is 0 Å². The quantitative estimate of drug-likeness (QED) is 0.885. The van der Waals surface area contributed by atoms with Crippen molar-refractivity contribution in [3.05, 3.63) is 35.9 Å². The second-order valence-corrected chi connectivity index (χ2v) is 5.97. The number of aliphatic carboxylic acids is 1. The number of hydrogen-bond donors (Lipinski definition) is 2. The van der Waals surface area contributed by atoms with Gasteiger partial charge in [-0.1, -0.05) is 36.8 Å². The number of nitrogens with one attached hydrogen (secondary N) is 1. The van der Waals surface area contributed by atoms with Gasteiger partial charge in [0, 0.05) is 5.92 Å². The zero-order chi connectivity index (χ0) is 14.1. The van der Waals surface area contributed by atoms with E-state index in [0.29, 0.717) is 17.4 Å². The van der Waals surface area contributed by atoms with Crippen LogP contribution in [0.1, 0.15) is 37.3 Å². The Balaban J connectivity index is 1.71. The van der Waals surface area contributed by atoms with Gasteiger partial charge in [0.05, 0.1) is 0 Å². The van der Waals surface area contributed by atoms with E-state index in [2.05, 4.69) is 5.32 Å². The molecule has 4 heteroatoms. The van der Waals surface area contributed by atoms with E-state index in [1.54, 1.807) is 24.3 Å². The van der Waals surface area contributed by atoms with Gasteiger partial charge >= 0.3 is 5.97 Å². The Hall–Kier alpha value is -1.84. The van der Waals surface area contributed by atoms with E-state index in [0.717, 1.165) is 19.3 Å². The molecule has 4 nitrogen and oxygen atoms in total. The molecule has 2 bridgehead atoms. The Morgan fingerprint density at radius 3 is 2.45 bits per heavy atom. The van der Waals surface area contributed by atoms with Gasteiger partial charge in [-0.3, -0.25) is 4.79 Å². The highest BCUT2D eigenvalue weighted by Crippen LogP contribution is 2.48. The first-order chi connectivity index (χ1) is 9.65. The summed E-state index contributed by atoms with van der Waals surface area (Å²) in [7, 11) is 0. The zero-order valence-corrected chi connectivity index (χ0v) is 11.3. The van der Waals surface area contributed by atoms with E-state index in [9.17, 15) is 14.7 Å². The first-order valence-corrected chi connectivity index (χ1v) is 7.23. The van der Waals surface area contributed by atoms with Crippen molar-refractivity contribution >= 4 is 11.9 Å². The van der Waals surface area contributed by atoms with Crippen LogP contribution in [0.2, 0.25) is 0 Å². The molecule has 0 saturated heterocycles. The maximum atomic E-state index is 12.3. The summed E-state index contributed by atoms with van der Waals surface area (Å²) >= 11 is 0. The molecule has 2 fully saturated rings. The van der Waals surface area contributed by atoms with Gasteiger partial charge in [0.15, 0.2) is 6.04 Å². The number of benzene rings is 1. The molecule has 1 amide bonds. The van der Waals surface area contributed by atoms with Crippen LogP contribution in [0.5, 0.6) is 0 Å². The van der Waals surface area contributed by atoms with E-state index in [4.69, 9.17) is 0 Å². The minimum atomic E-state index is -1.01. The van der Waals surface area contributed by atoms with Gasteiger partial charge in [-0.05, 0) is 36.7 Å². The van der Waals surface area contributed by atoms with Crippen LogP contribution in [0.3, 0.4) is 0 Å². The molecule has 2 aliphatic rings. The fraction of sp³-hybridized carbons (Fsp3) is 0.500. The lowest BCUT2D eigenvalue weighted by atomic mass is 9.88. The summed E-state index contributed by atoms with van der Waals surface area (Å²) in [5.74, 6) is 0.0569. The third-order valence-corrected chi connectivity index (χ3v) is 4.74. The summed E-state index contributed by atoms with van der Waals surface area (Å²) in [5, 5.41) is 12.1. The number of carboxylic acids is 1. The van der Waals surface area contributed by atoms with Gasteiger partial charge in [0.2, 0.25) is 5.91 Å². The monoisotopic (exact) mass is 273 g/mol. The first kappa shape index (κ1) is 13.2. The predicted molar refractivity (Wildman–Crippen MR) is 73.9 cm³/mol. The number of fused-ring (bicyclic) bond motifs is 2. The molecule has 0 heterocycles. The van der Waals surface area contributed by atoms with Crippen molar-refractivity contribution in [2.24, 2.45) is 17.8 Å². The molecule has 2 N–H and O–H groups in total. The van der Waals surface area contributed by atoms with Crippen LogP contribution >= 0.6 is 0 Å². The van der Waals surface area contributed by atoms with Gasteiger partial charge in [0.25, 0.3) is 0 Å². The summed E-state index contributed by atoms with van der Waals surface area (Å²) < 4.78 is 0. The maximum absolute atomic E-state index is 12.3. The Labute approximate surface area is 118 Å². The minimum Gasteiger partial charge on any atom is -0.479 e. The van der Waals surface area contributed by atoms with Crippen LogP contribution < -0.4 is 5.32 Å². The number of carboxylic acid groups (broad SMARTS) is 1. The molecule has 0 radical (unpaired) electrons. The fourth-order valence-corrected chi connectivity index (χ4v) is 3.75. The third kappa shape index (κ3) is 2.42. The summed E-state index contributed by atoms with van der Waals surface area (Å²) in [6, 6.07) is 7.94. The molecule has 1 aromatic rings. The summed E-state index contributed by atoms with van der Waals surface area (Å²) in [4.78, 5) is 23.7. The van der Waals surface area contributed by atoms with Crippen molar-refractivity contribution in [2.75, 3.05) is 0 Å². The lowest BCUT2D eigenvalue weighted by Crippen LogP contribution is -2.39. The molecule has 2 aliphatic carbocycles. The van der Waals surface area contributed by atoms with Gasteiger partial charge in [-0.15, -0.1) is 0 Å². The SMILES string of the molecule is O=C(N[C@H](C(=O)O)c1ccccc1)C1CC2CCC1C2. The normalized spacial score (nSPS) is 29.1. The largest absolute Gasteiger partial charge is 0.479 e. The average molecular weight is 273 g/mol. The highest BCUT2D eigenvalue weighted by Gasteiger charge is 2.43. The number of rotatable bonds is 4. The van der Waals surface area contributed by atoms with Gasteiger partial charge in [-0.2, -0.15) is 0 Å². The highest BCUT2D eigenvalue weighted by molar-refractivity contribution is 5.86. The van der Waals surface area contributed by atoms with Gasteiger partial charge in [-0.25, -0.2) is 4.79 Å². The number of hydrogen-bond acceptors (Lipinski definition) is 2. The van der Waals surface area contributed by atoms with E-state index in [1.165, 1.54) is 6.42 Å². The zero-order valence-electron chi connectivity index (χ0n) is 11.3. The molecule has 20 heavy (non-hydrogen) atoms. The molecule has 3 unspecified atom stereocenters. The van der Waals surface area contributed by atoms with E-state index in [1.807, 2.05) is 6.07 Å². The molecule has 2 saturated carbocycles. The molecular formula is C16H19NO3. The second-order valence-electron chi connectivity index (χ2n) is 5.97. The number of carbonyl (C=O) groups is 2. The fourth-order valence-electron chi connectivity index (χ4n) is 3.75. The third-order valence-electron chi connectivity index (χ3n) is 4.74. The van der Waals surface area contributed by atoms with Crippen molar-refractivity contribution in [3.8, 4) is 0 Å². The Kier molecular flexibility index (Phi) is 3.47. The molecule has 0 spiro atoms. The Morgan fingerprint density at radius 1 is 1.15 bits per heavy atom. The van der Waals surface area contributed by atoms with Crippen molar-refractivity contribution in [2.45, 2.75) is 31.7 Å². The van der Waals surface area contributed by atoms with E-state index >= 15 is 0 Å². The van der Waals surface area contributed by atoms with Crippen LogP contribution in [0.25, 0.3) is 0 Å². The Bertz CT molecular complexity index is 514. The smallest absolute Gasteiger partial charge is 0.330 e. The van der Waals surface area contributed by atoms with Crippen LogP contribution in [0.15, 0.2) is 30.3 Å². The number of carbonyl (C=O) groups excluding carboxylic acids is 1.